The minimum atomic E-state index is -0.293. The highest BCUT2D eigenvalue weighted by Crippen LogP contribution is 2.24. The van der Waals surface area contributed by atoms with Crippen molar-refractivity contribution in [3.05, 3.63) is 70.6 Å². The number of carbonyl (C=O) groups is 1. The summed E-state index contributed by atoms with van der Waals surface area (Å²) in [6.45, 7) is 0.959. The molecule has 1 atom stereocenters. The molecule has 146 valence electrons. The molecule has 0 aliphatic heterocycles. The fourth-order valence-electron chi connectivity index (χ4n) is 3.59. The third kappa shape index (κ3) is 3.96. The quantitative estimate of drug-likeness (QED) is 0.681. The molecule has 1 aliphatic rings. The molecule has 0 bridgehead atoms. The standard InChI is InChI=1S/C20H22FN5O2/c1-26-18-7-6-15(22-12-16-8-9-28-25-16)10-17(18)19(24-26)20(27)23-11-13-2-4-14(21)5-3-13/h2-5,8-9,15,22H,6-7,10-12H2,1H3,(H,23,27). The van der Waals surface area contributed by atoms with E-state index in [-0.39, 0.29) is 17.8 Å². The van der Waals surface area contributed by atoms with Gasteiger partial charge in [-0.2, -0.15) is 5.10 Å². The van der Waals surface area contributed by atoms with E-state index in [0.29, 0.717) is 18.8 Å². The van der Waals surface area contributed by atoms with Crippen LogP contribution < -0.4 is 10.6 Å². The van der Waals surface area contributed by atoms with Crippen LogP contribution in [0.15, 0.2) is 41.1 Å². The molecule has 28 heavy (non-hydrogen) atoms. The van der Waals surface area contributed by atoms with Crippen molar-refractivity contribution in [2.75, 3.05) is 0 Å². The molecule has 1 aliphatic carbocycles. The van der Waals surface area contributed by atoms with Crippen LogP contribution in [0.4, 0.5) is 4.39 Å². The summed E-state index contributed by atoms with van der Waals surface area (Å²) in [7, 11) is 1.87. The number of carbonyl (C=O) groups excluding carboxylic acids is 1. The molecule has 2 heterocycles. The lowest BCUT2D eigenvalue weighted by molar-refractivity contribution is 0.0944. The third-order valence-electron chi connectivity index (χ3n) is 5.10. The monoisotopic (exact) mass is 383 g/mol. The van der Waals surface area contributed by atoms with E-state index >= 15 is 0 Å². The first-order valence-corrected chi connectivity index (χ1v) is 9.30. The summed E-state index contributed by atoms with van der Waals surface area (Å²) < 4.78 is 19.7. The van der Waals surface area contributed by atoms with Crippen molar-refractivity contribution in [2.24, 2.45) is 7.05 Å². The van der Waals surface area contributed by atoms with Crippen LogP contribution in [0.3, 0.4) is 0 Å². The third-order valence-corrected chi connectivity index (χ3v) is 5.10. The number of hydrogen-bond donors (Lipinski definition) is 2. The fraction of sp³-hybridized carbons (Fsp3) is 0.350. The molecule has 1 unspecified atom stereocenters. The first-order chi connectivity index (χ1) is 13.6. The number of nitrogens with one attached hydrogen (secondary N) is 2. The maximum absolute atomic E-state index is 13.0. The van der Waals surface area contributed by atoms with E-state index in [1.165, 1.54) is 12.1 Å². The number of nitrogens with zero attached hydrogens (tertiary/aromatic N) is 3. The van der Waals surface area contributed by atoms with Gasteiger partial charge in [-0.25, -0.2) is 4.39 Å². The van der Waals surface area contributed by atoms with Gasteiger partial charge in [0.15, 0.2) is 5.69 Å². The van der Waals surface area contributed by atoms with E-state index in [1.807, 2.05) is 13.1 Å². The molecular formula is C20H22FN5O2. The lowest BCUT2D eigenvalue weighted by Gasteiger charge is -2.23. The number of aromatic nitrogens is 3. The minimum Gasteiger partial charge on any atom is -0.364 e. The van der Waals surface area contributed by atoms with E-state index in [1.54, 1.807) is 23.1 Å². The van der Waals surface area contributed by atoms with Crippen LogP contribution >= 0.6 is 0 Å². The summed E-state index contributed by atoms with van der Waals surface area (Å²) in [4.78, 5) is 12.7. The number of hydrogen-bond acceptors (Lipinski definition) is 5. The number of amides is 1. The summed E-state index contributed by atoms with van der Waals surface area (Å²) in [5.41, 5.74) is 4.25. The van der Waals surface area contributed by atoms with E-state index in [4.69, 9.17) is 4.52 Å². The number of fused-ring (bicyclic) bond motifs is 1. The van der Waals surface area contributed by atoms with Gasteiger partial charge in [-0.15, -0.1) is 0 Å². The second-order valence-electron chi connectivity index (χ2n) is 7.02. The highest BCUT2D eigenvalue weighted by molar-refractivity contribution is 5.94. The maximum atomic E-state index is 13.0. The molecule has 2 N–H and O–H groups in total. The summed E-state index contributed by atoms with van der Waals surface area (Å²) in [5.74, 6) is -0.503. The number of halogens is 1. The normalized spacial score (nSPS) is 16.0. The lowest BCUT2D eigenvalue weighted by atomic mass is 9.91. The number of benzene rings is 1. The largest absolute Gasteiger partial charge is 0.364 e. The molecule has 7 nitrogen and oxygen atoms in total. The van der Waals surface area contributed by atoms with Crippen molar-refractivity contribution < 1.29 is 13.7 Å². The zero-order chi connectivity index (χ0) is 19.5. The van der Waals surface area contributed by atoms with Gasteiger partial charge in [0, 0.05) is 43.5 Å². The zero-order valence-electron chi connectivity index (χ0n) is 15.6. The van der Waals surface area contributed by atoms with Crippen molar-refractivity contribution in [1.29, 1.82) is 0 Å². The van der Waals surface area contributed by atoms with E-state index < -0.39 is 0 Å². The first kappa shape index (κ1) is 18.4. The van der Waals surface area contributed by atoms with Crippen molar-refractivity contribution in [3.63, 3.8) is 0 Å². The van der Waals surface area contributed by atoms with Crippen molar-refractivity contribution in [1.82, 2.24) is 25.6 Å². The Morgan fingerprint density at radius 3 is 2.86 bits per heavy atom. The zero-order valence-corrected chi connectivity index (χ0v) is 15.6. The molecule has 0 saturated heterocycles. The van der Waals surface area contributed by atoms with Gasteiger partial charge in [0.1, 0.15) is 12.1 Å². The summed E-state index contributed by atoms with van der Waals surface area (Å²) in [6, 6.07) is 8.17. The molecular weight excluding hydrogens is 361 g/mol. The molecule has 0 spiro atoms. The van der Waals surface area contributed by atoms with Gasteiger partial charge < -0.3 is 15.2 Å². The minimum absolute atomic E-state index is 0.210. The molecule has 4 rings (SSSR count). The Bertz CT molecular complexity index is 950. The highest BCUT2D eigenvalue weighted by atomic mass is 19.1. The molecule has 1 aromatic carbocycles. The topological polar surface area (TPSA) is 85.0 Å². The number of aryl methyl sites for hydroxylation is 1. The Morgan fingerprint density at radius 2 is 2.11 bits per heavy atom. The molecule has 0 radical (unpaired) electrons. The van der Waals surface area contributed by atoms with Crippen LogP contribution in [-0.4, -0.2) is 26.9 Å². The Balaban J connectivity index is 1.42. The highest BCUT2D eigenvalue weighted by Gasteiger charge is 2.28. The maximum Gasteiger partial charge on any atom is 0.272 e. The van der Waals surface area contributed by atoms with E-state index in [2.05, 4.69) is 20.9 Å². The molecule has 1 amide bonds. The van der Waals surface area contributed by atoms with Gasteiger partial charge >= 0.3 is 0 Å². The second kappa shape index (κ2) is 7.93. The molecule has 0 fully saturated rings. The van der Waals surface area contributed by atoms with E-state index in [9.17, 15) is 9.18 Å². The lowest BCUT2D eigenvalue weighted by Crippen LogP contribution is -2.35. The van der Waals surface area contributed by atoms with E-state index in [0.717, 1.165) is 41.8 Å². The second-order valence-corrected chi connectivity index (χ2v) is 7.02. The summed E-state index contributed by atoms with van der Waals surface area (Å²) >= 11 is 0. The average molecular weight is 383 g/mol. The first-order valence-electron chi connectivity index (χ1n) is 9.30. The van der Waals surface area contributed by atoms with Gasteiger partial charge in [-0.1, -0.05) is 17.3 Å². The predicted molar refractivity (Wildman–Crippen MR) is 99.9 cm³/mol. The average Bonchev–Trinajstić information content (AvgIpc) is 3.34. The van der Waals surface area contributed by atoms with Crippen LogP contribution in [0.1, 0.15) is 39.4 Å². The Labute approximate surface area is 161 Å². The Morgan fingerprint density at radius 1 is 1.29 bits per heavy atom. The molecule has 0 saturated carbocycles. The van der Waals surface area contributed by atoms with Gasteiger partial charge in [0.25, 0.3) is 5.91 Å². The fourth-order valence-corrected chi connectivity index (χ4v) is 3.59. The summed E-state index contributed by atoms with van der Waals surface area (Å²) in [5, 5.41) is 14.7. The Kier molecular flexibility index (Phi) is 5.21. The SMILES string of the molecule is Cn1nc(C(=O)NCc2ccc(F)cc2)c2c1CCC(NCc1ccon1)C2. The van der Waals surface area contributed by atoms with Crippen LogP contribution in [0.5, 0.6) is 0 Å². The summed E-state index contributed by atoms with van der Waals surface area (Å²) in [6.07, 6.45) is 4.13. The van der Waals surface area contributed by atoms with Crippen molar-refractivity contribution in [3.8, 4) is 0 Å². The van der Waals surface area contributed by atoms with Crippen LogP contribution in [0, 0.1) is 5.82 Å². The number of rotatable bonds is 6. The Hall–Kier alpha value is -3.00. The van der Waals surface area contributed by atoms with Crippen LogP contribution in [-0.2, 0) is 33.0 Å². The smallest absolute Gasteiger partial charge is 0.272 e. The van der Waals surface area contributed by atoms with Gasteiger partial charge in [0.2, 0.25) is 0 Å². The van der Waals surface area contributed by atoms with Crippen LogP contribution in [0.2, 0.25) is 0 Å². The van der Waals surface area contributed by atoms with Gasteiger partial charge in [-0.05, 0) is 37.0 Å². The molecule has 3 aromatic rings. The predicted octanol–water partition coefficient (Wildman–Crippen LogP) is 2.12. The van der Waals surface area contributed by atoms with Crippen LogP contribution in [0.25, 0.3) is 0 Å². The van der Waals surface area contributed by atoms with Gasteiger partial charge in [0.05, 0.1) is 5.69 Å². The molecule has 2 aromatic heterocycles. The molecule has 8 heteroatoms. The van der Waals surface area contributed by atoms with Crippen molar-refractivity contribution in [2.45, 2.75) is 38.4 Å². The van der Waals surface area contributed by atoms with Crippen molar-refractivity contribution >= 4 is 5.91 Å². The van der Waals surface area contributed by atoms with Gasteiger partial charge in [-0.3, -0.25) is 9.48 Å².